The first-order valence-corrected chi connectivity index (χ1v) is 4.93. The Balaban J connectivity index is 2.49. The monoisotopic (exact) mass is 204 g/mol. The number of phosphoric ester groups is 1. The minimum atomic E-state index is -4.06. The Hall–Kier alpha value is -0.870. The molecule has 1 aromatic carbocycles. The highest BCUT2D eigenvalue weighted by molar-refractivity contribution is 7.47. The third-order valence-corrected chi connectivity index (χ3v) is 1.93. The number of benzene rings is 1. The summed E-state index contributed by atoms with van der Waals surface area (Å²) in [5.41, 5.74) is 0. The summed E-state index contributed by atoms with van der Waals surface area (Å²) in [6.45, 7) is 0. The first kappa shape index (κ1) is 10.2. The van der Waals surface area contributed by atoms with Gasteiger partial charge in [0.15, 0.2) is 5.75 Å². The van der Waals surface area contributed by atoms with E-state index in [0.29, 0.717) is 5.75 Å². The van der Waals surface area contributed by atoms with E-state index in [0.717, 1.165) is 7.11 Å². The van der Waals surface area contributed by atoms with Gasteiger partial charge in [-0.15, -0.1) is 0 Å². The van der Waals surface area contributed by atoms with Gasteiger partial charge in [-0.05, 0) is 12.1 Å². The second-order valence-electron chi connectivity index (χ2n) is 2.12. The highest BCUT2D eigenvalue weighted by Gasteiger charge is 2.20. The number of para-hydroxylation sites is 1. The topological polar surface area (TPSA) is 65.0 Å². The molecule has 0 aliphatic carbocycles. The minimum absolute atomic E-state index is 0.328. The van der Waals surface area contributed by atoms with Crippen molar-refractivity contribution in [1.29, 1.82) is 0 Å². The van der Waals surface area contributed by atoms with Crippen LogP contribution in [-0.2, 0) is 13.8 Å². The van der Waals surface area contributed by atoms with Crippen molar-refractivity contribution in [2.45, 2.75) is 0 Å². The van der Waals surface area contributed by atoms with Gasteiger partial charge in [-0.1, -0.05) is 22.9 Å². The zero-order chi connectivity index (χ0) is 9.73. The Bertz CT molecular complexity index is 299. The largest absolute Gasteiger partial charge is 0.508 e. The fraction of sp³-hybridized carbons (Fsp3) is 0.143. The highest BCUT2D eigenvalue weighted by Crippen LogP contribution is 2.42. The lowest BCUT2D eigenvalue weighted by molar-refractivity contribution is -0.125. The van der Waals surface area contributed by atoms with Crippen LogP contribution in [0.5, 0.6) is 5.75 Å². The quantitative estimate of drug-likeness (QED) is 0.459. The van der Waals surface area contributed by atoms with E-state index in [-0.39, 0.29) is 0 Å². The minimum Gasteiger partial charge on any atom is -0.327 e. The van der Waals surface area contributed by atoms with Gasteiger partial charge in [-0.2, -0.15) is 0 Å². The SMILES string of the molecule is COP(=O)(O)OOc1ccccc1. The molecule has 0 aromatic heterocycles. The van der Waals surface area contributed by atoms with Gasteiger partial charge in [0.05, 0.1) is 0 Å². The van der Waals surface area contributed by atoms with Gasteiger partial charge in [-0.25, -0.2) is 4.57 Å². The molecule has 0 saturated heterocycles. The van der Waals surface area contributed by atoms with E-state index in [4.69, 9.17) is 4.89 Å². The van der Waals surface area contributed by atoms with E-state index in [9.17, 15) is 4.57 Å². The molecule has 1 unspecified atom stereocenters. The van der Waals surface area contributed by atoms with Crippen molar-refractivity contribution in [1.82, 2.24) is 0 Å². The number of rotatable bonds is 4. The van der Waals surface area contributed by atoms with Crippen LogP contribution in [0.4, 0.5) is 0 Å². The predicted molar refractivity (Wildman–Crippen MR) is 45.0 cm³/mol. The fourth-order valence-corrected chi connectivity index (χ4v) is 0.838. The average molecular weight is 204 g/mol. The molecule has 72 valence electrons. The molecule has 5 nitrogen and oxygen atoms in total. The number of hydrogen-bond donors (Lipinski definition) is 1. The molecule has 0 aliphatic rings. The molecule has 0 spiro atoms. The maximum Gasteiger partial charge on any atom is 0.508 e. The maximum atomic E-state index is 10.7. The molecular weight excluding hydrogens is 195 g/mol. The Morgan fingerprint density at radius 1 is 1.31 bits per heavy atom. The average Bonchev–Trinajstić information content (AvgIpc) is 2.17. The van der Waals surface area contributed by atoms with Gasteiger partial charge in [0.2, 0.25) is 0 Å². The molecule has 1 aromatic rings. The molecule has 6 heteroatoms. The Morgan fingerprint density at radius 3 is 2.46 bits per heavy atom. The van der Waals surface area contributed by atoms with E-state index in [2.05, 4.69) is 14.1 Å². The van der Waals surface area contributed by atoms with Crippen LogP contribution >= 0.6 is 7.82 Å². The molecule has 0 saturated carbocycles. The molecule has 0 aliphatic heterocycles. The standard InChI is InChI=1S/C7H9O5P/c1-10-13(8,9)12-11-7-5-3-2-4-6-7/h2-6H,1H3,(H,8,9). The zero-order valence-electron chi connectivity index (χ0n) is 6.91. The predicted octanol–water partition coefficient (Wildman–Crippen LogP) is 1.74. The fourth-order valence-electron chi connectivity index (χ4n) is 0.597. The van der Waals surface area contributed by atoms with Gasteiger partial charge in [0, 0.05) is 7.11 Å². The second kappa shape index (κ2) is 4.39. The van der Waals surface area contributed by atoms with E-state index in [1.54, 1.807) is 30.3 Å². The van der Waals surface area contributed by atoms with Crippen LogP contribution in [0.25, 0.3) is 0 Å². The molecule has 13 heavy (non-hydrogen) atoms. The molecule has 1 atom stereocenters. The Morgan fingerprint density at radius 2 is 1.92 bits per heavy atom. The van der Waals surface area contributed by atoms with Crippen molar-refractivity contribution in [3.05, 3.63) is 30.3 Å². The summed E-state index contributed by atoms with van der Waals surface area (Å²) in [5.74, 6) is 0.328. The van der Waals surface area contributed by atoms with Crippen molar-refractivity contribution in [3.8, 4) is 5.75 Å². The van der Waals surface area contributed by atoms with Crippen molar-refractivity contribution < 1.29 is 23.5 Å². The first-order chi connectivity index (χ1) is 6.14. The maximum absolute atomic E-state index is 10.7. The van der Waals surface area contributed by atoms with Gasteiger partial charge in [0.1, 0.15) is 0 Å². The van der Waals surface area contributed by atoms with E-state index < -0.39 is 7.82 Å². The van der Waals surface area contributed by atoms with E-state index in [1.165, 1.54) is 0 Å². The van der Waals surface area contributed by atoms with Crippen LogP contribution in [0.2, 0.25) is 0 Å². The van der Waals surface area contributed by atoms with Crippen LogP contribution in [0, 0.1) is 0 Å². The van der Waals surface area contributed by atoms with Crippen LogP contribution in [0.3, 0.4) is 0 Å². The smallest absolute Gasteiger partial charge is 0.327 e. The summed E-state index contributed by atoms with van der Waals surface area (Å²) < 4.78 is 19.0. The van der Waals surface area contributed by atoms with E-state index in [1.807, 2.05) is 0 Å². The molecule has 0 heterocycles. The molecule has 1 rings (SSSR count). The Kier molecular flexibility index (Phi) is 3.45. The van der Waals surface area contributed by atoms with Crippen LogP contribution in [0.1, 0.15) is 0 Å². The summed E-state index contributed by atoms with van der Waals surface area (Å²) in [6, 6.07) is 8.34. The molecule has 1 N–H and O–H groups in total. The van der Waals surface area contributed by atoms with Gasteiger partial charge in [0.25, 0.3) is 0 Å². The Labute approximate surface area is 75.4 Å². The van der Waals surface area contributed by atoms with E-state index >= 15 is 0 Å². The van der Waals surface area contributed by atoms with Crippen molar-refractivity contribution >= 4 is 7.82 Å². The lowest BCUT2D eigenvalue weighted by Gasteiger charge is -2.07. The number of phosphoric acid groups is 1. The third-order valence-electron chi connectivity index (χ3n) is 1.20. The molecule has 0 amide bonds. The van der Waals surface area contributed by atoms with Crippen LogP contribution < -0.4 is 4.89 Å². The van der Waals surface area contributed by atoms with Crippen molar-refractivity contribution in [2.24, 2.45) is 0 Å². The second-order valence-corrected chi connectivity index (χ2v) is 3.57. The zero-order valence-corrected chi connectivity index (χ0v) is 7.81. The highest BCUT2D eigenvalue weighted by atomic mass is 31.2. The number of hydrogen-bond acceptors (Lipinski definition) is 4. The third kappa shape index (κ3) is 3.57. The van der Waals surface area contributed by atoms with Gasteiger partial charge in [-0.3, -0.25) is 4.52 Å². The molecular formula is C7H9O5P. The lowest BCUT2D eigenvalue weighted by atomic mass is 10.3. The van der Waals surface area contributed by atoms with Crippen LogP contribution in [0.15, 0.2) is 30.3 Å². The summed E-state index contributed by atoms with van der Waals surface area (Å²) in [6.07, 6.45) is 0. The molecule has 0 bridgehead atoms. The molecule has 0 fully saturated rings. The van der Waals surface area contributed by atoms with Gasteiger partial charge < -0.3 is 9.78 Å². The van der Waals surface area contributed by atoms with Crippen molar-refractivity contribution in [3.63, 3.8) is 0 Å². The summed E-state index contributed by atoms with van der Waals surface area (Å²) in [7, 11) is -3.01. The van der Waals surface area contributed by atoms with Crippen LogP contribution in [-0.4, -0.2) is 12.0 Å². The summed E-state index contributed by atoms with van der Waals surface area (Å²) in [4.78, 5) is 13.3. The summed E-state index contributed by atoms with van der Waals surface area (Å²) in [5, 5.41) is 0. The molecule has 0 radical (unpaired) electrons. The first-order valence-electron chi connectivity index (χ1n) is 3.44. The lowest BCUT2D eigenvalue weighted by Crippen LogP contribution is -1.96. The van der Waals surface area contributed by atoms with Crippen molar-refractivity contribution in [2.75, 3.05) is 7.11 Å². The van der Waals surface area contributed by atoms with Gasteiger partial charge >= 0.3 is 7.82 Å². The normalized spacial score (nSPS) is 14.9. The summed E-state index contributed by atoms with van der Waals surface area (Å²) >= 11 is 0.